The van der Waals surface area contributed by atoms with Crippen molar-refractivity contribution in [3.8, 4) is 0 Å². The molecule has 2 N–H and O–H groups in total. The molecular weight excluding hydrogens is 256 g/mol. The molecular formula is C15H20N2O3. The van der Waals surface area contributed by atoms with Gasteiger partial charge < -0.3 is 15.3 Å². The van der Waals surface area contributed by atoms with Crippen LogP contribution in [0.15, 0.2) is 18.2 Å². The maximum atomic E-state index is 12.2. The Balaban J connectivity index is 2.07. The molecule has 0 aliphatic carbocycles. The average molecular weight is 276 g/mol. The zero-order valence-corrected chi connectivity index (χ0v) is 12.1. The van der Waals surface area contributed by atoms with E-state index in [2.05, 4.69) is 5.32 Å². The van der Waals surface area contributed by atoms with Crippen LogP contribution in [0.3, 0.4) is 0 Å². The summed E-state index contributed by atoms with van der Waals surface area (Å²) in [4.78, 5) is 25.0. The minimum absolute atomic E-state index is 0.233. The van der Waals surface area contributed by atoms with E-state index in [1.165, 1.54) is 0 Å². The first-order chi connectivity index (χ1) is 9.33. The molecule has 1 aliphatic heterocycles. The Kier molecular flexibility index (Phi) is 3.70. The van der Waals surface area contributed by atoms with E-state index in [1.807, 2.05) is 32.0 Å². The van der Waals surface area contributed by atoms with E-state index in [0.29, 0.717) is 13.0 Å². The highest BCUT2D eigenvalue weighted by Crippen LogP contribution is 2.30. The molecule has 0 spiro atoms. The zero-order chi connectivity index (χ0) is 14.9. The number of carboxylic acid groups (broad SMARTS) is 1. The number of aryl methyl sites for hydroxylation is 1. The summed E-state index contributed by atoms with van der Waals surface area (Å²) in [5, 5.41) is 12.0. The standard InChI is InChI=1S/C15H20N2O3/c1-10-5-4-6-12(11(10)2)16-14(20)17-8-7-15(3,9-17)13(18)19/h4-6H,7-9H2,1-3H3,(H,16,20)(H,18,19). The van der Waals surface area contributed by atoms with E-state index in [9.17, 15) is 14.7 Å². The minimum atomic E-state index is -0.848. The second-order valence-electron chi connectivity index (χ2n) is 5.71. The van der Waals surface area contributed by atoms with Crippen molar-refractivity contribution in [3.63, 3.8) is 0 Å². The molecule has 1 atom stereocenters. The smallest absolute Gasteiger partial charge is 0.321 e. The second-order valence-corrected chi connectivity index (χ2v) is 5.71. The maximum Gasteiger partial charge on any atom is 0.321 e. The van der Waals surface area contributed by atoms with Gasteiger partial charge in [0.05, 0.1) is 5.41 Å². The molecule has 5 nitrogen and oxygen atoms in total. The summed E-state index contributed by atoms with van der Waals surface area (Å²) in [6.45, 7) is 6.34. The third-order valence-corrected chi connectivity index (χ3v) is 4.12. The number of amides is 2. The van der Waals surface area contributed by atoms with Gasteiger partial charge in [-0.25, -0.2) is 4.79 Å². The van der Waals surface area contributed by atoms with Gasteiger partial charge >= 0.3 is 12.0 Å². The summed E-state index contributed by atoms with van der Waals surface area (Å²) >= 11 is 0. The van der Waals surface area contributed by atoms with Crippen molar-refractivity contribution >= 4 is 17.7 Å². The number of hydrogen-bond acceptors (Lipinski definition) is 2. The molecule has 2 amide bonds. The van der Waals surface area contributed by atoms with E-state index < -0.39 is 11.4 Å². The van der Waals surface area contributed by atoms with Crippen molar-refractivity contribution in [2.75, 3.05) is 18.4 Å². The van der Waals surface area contributed by atoms with Gasteiger partial charge in [0, 0.05) is 18.8 Å². The van der Waals surface area contributed by atoms with Gasteiger partial charge in [-0.2, -0.15) is 0 Å². The van der Waals surface area contributed by atoms with Gasteiger partial charge in [-0.15, -0.1) is 0 Å². The van der Waals surface area contributed by atoms with Crippen molar-refractivity contribution in [2.45, 2.75) is 27.2 Å². The lowest BCUT2D eigenvalue weighted by Crippen LogP contribution is -2.37. The van der Waals surface area contributed by atoms with Gasteiger partial charge in [-0.05, 0) is 44.4 Å². The largest absolute Gasteiger partial charge is 0.481 e. The first kappa shape index (κ1) is 14.4. The number of nitrogens with one attached hydrogen (secondary N) is 1. The average Bonchev–Trinajstić information content (AvgIpc) is 2.79. The van der Waals surface area contributed by atoms with Crippen LogP contribution in [-0.4, -0.2) is 35.1 Å². The highest BCUT2D eigenvalue weighted by atomic mass is 16.4. The first-order valence-corrected chi connectivity index (χ1v) is 6.69. The molecule has 1 aliphatic rings. The monoisotopic (exact) mass is 276 g/mol. The van der Waals surface area contributed by atoms with Crippen LogP contribution in [0.4, 0.5) is 10.5 Å². The molecule has 1 unspecified atom stereocenters. The van der Waals surface area contributed by atoms with Crippen LogP contribution in [-0.2, 0) is 4.79 Å². The molecule has 20 heavy (non-hydrogen) atoms. The second kappa shape index (κ2) is 5.15. The molecule has 1 heterocycles. The number of nitrogens with zero attached hydrogens (tertiary/aromatic N) is 1. The Morgan fingerprint density at radius 3 is 2.65 bits per heavy atom. The van der Waals surface area contributed by atoms with E-state index in [4.69, 9.17) is 0 Å². The summed E-state index contributed by atoms with van der Waals surface area (Å²) in [5.41, 5.74) is 2.08. The number of likely N-dealkylation sites (tertiary alicyclic amines) is 1. The maximum absolute atomic E-state index is 12.2. The van der Waals surface area contributed by atoms with Gasteiger partial charge in [0.1, 0.15) is 0 Å². The fourth-order valence-corrected chi connectivity index (χ4v) is 2.39. The van der Waals surface area contributed by atoms with E-state index in [0.717, 1.165) is 16.8 Å². The SMILES string of the molecule is Cc1cccc(NC(=O)N2CCC(C)(C(=O)O)C2)c1C. The molecule has 5 heteroatoms. The topological polar surface area (TPSA) is 69.6 Å². The van der Waals surface area contributed by atoms with Crippen LogP contribution >= 0.6 is 0 Å². The van der Waals surface area contributed by atoms with Gasteiger partial charge in [0.25, 0.3) is 0 Å². The van der Waals surface area contributed by atoms with Crippen molar-refractivity contribution < 1.29 is 14.7 Å². The van der Waals surface area contributed by atoms with Gasteiger partial charge in [0.15, 0.2) is 0 Å². The summed E-state index contributed by atoms with van der Waals surface area (Å²) in [7, 11) is 0. The minimum Gasteiger partial charge on any atom is -0.481 e. The lowest BCUT2D eigenvalue weighted by atomic mass is 9.90. The van der Waals surface area contributed by atoms with E-state index >= 15 is 0 Å². The van der Waals surface area contributed by atoms with Crippen LogP contribution < -0.4 is 5.32 Å². The first-order valence-electron chi connectivity index (χ1n) is 6.69. The fraction of sp³-hybridized carbons (Fsp3) is 0.467. The molecule has 0 aromatic heterocycles. The number of hydrogen-bond donors (Lipinski definition) is 2. The Morgan fingerprint density at radius 1 is 1.35 bits per heavy atom. The van der Waals surface area contributed by atoms with Crippen LogP contribution in [0, 0.1) is 19.3 Å². The zero-order valence-electron chi connectivity index (χ0n) is 12.1. The molecule has 108 valence electrons. The van der Waals surface area contributed by atoms with Crippen molar-refractivity contribution in [3.05, 3.63) is 29.3 Å². The molecule has 0 radical (unpaired) electrons. The Bertz CT molecular complexity index is 556. The Labute approximate surface area is 118 Å². The summed E-state index contributed by atoms with van der Waals surface area (Å²) < 4.78 is 0. The molecule has 1 fully saturated rings. The highest BCUT2D eigenvalue weighted by Gasteiger charge is 2.42. The van der Waals surface area contributed by atoms with Gasteiger partial charge in [-0.3, -0.25) is 4.79 Å². The number of carbonyl (C=O) groups is 2. The Hall–Kier alpha value is -2.04. The highest BCUT2D eigenvalue weighted by molar-refractivity contribution is 5.91. The molecule has 1 aromatic carbocycles. The number of carbonyl (C=O) groups excluding carboxylic acids is 1. The normalized spacial score (nSPS) is 21.9. The van der Waals surface area contributed by atoms with Gasteiger partial charge in [-0.1, -0.05) is 12.1 Å². The number of carboxylic acids is 1. The van der Waals surface area contributed by atoms with E-state index in [1.54, 1.807) is 11.8 Å². The van der Waals surface area contributed by atoms with Crippen molar-refractivity contribution in [1.82, 2.24) is 4.90 Å². The number of aliphatic carboxylic acids is 1. The van der Waals surface area contributed by atoms with Gasteiger partial charge in [0.2, 0.25) is 0 Å². The Morgan fingerprint density at radius 2 is 2.05 bits per heavy atom. The third kappa shape index (κ3) is 2.61. The number of rotatable bonds is 2. The molecule has 0 saturated carbocycles. The van der Waals surface area contributed by atoms with Crippen molar-refractivity contribution in [2.24, 2.45) is 5.41 Å². The van der Waals surface area contributed by atoms with Crippen LogP contribution in [0.2, 0.25) is 0 Å². The van der Waals surface area contributed by atoms with Crippen molar-refractivity contribution in [1.29, 1.82) is 0 Å². The number of urea groups is 1. The van der Waals surface area contributed by atoms with Crippen LogP contribution in [0.5, 0.6) is 0 Å². The molecule has 1 aromatic rings. The molecule has 2 rings (SSSR count). The molecule has 1 saturated heterocycles. The summed E-state index contributed by atoms with van der Waals surface area (Å²) in [6.07, 6.45) is 0.489. The number of anilines is 1. The fourth-order valence-electron chi connectivity index (χ4n) is 2.39. The molecule has 0 bridgehead atoms. The summed E-state index contributed by atoms with van der Waals surface area (Å²) in [6, 6.07) is 5.50. The number of benzene rings is 1. The third-order valence-electron chi connectivity index (χ3n) is 4.12. The predicted octanol–water partition coefficient (Wildman–Crippen LogP) is 2.63. The van der Waals surface area contributed by atoms with E-state index in [-0.39, 0.29) is 12.6 Å². The lowest BCUT2D eigenvalue weighted by molar-refractivity contribution is -0.146. The lowest BCUT2D eigenvalue weighted by Gasteiger charge is -2.21. The summed E-state index contributed by atoms with van der Waals surface area (Å²) in [5.74, 6) is -0.848. The van der Waals surface area contributed by atoms with Crippen LogP contribution in [0.1, 0.15) is 24.5 Å². The van der Waals surface area contributed by atoms with Crippen LogP contribution in [0.25, 0.3) is 0 Å². The predicted molar refractivity (Wildman–Crippen MR) is 76.9 cm³/mol. The quantitative estimate of drug-likeness (QED) is 0.872.